The fraction of sp³-hybridized carbons (Fsp3) is 0.867. The van der Waals surface area contributed by atoms with Crippen molar-refractivity contribution in [3.8, 4) is 0 Å². The van der Waals surface area contributed by atoms with Gasteiger partial charge in [0.25, 0.3) is 0 Å². The van der Waals surface area contributed by atoms with Gasteiger partial charge < -0.3 is 16.2 Å². The smallest absolute Gasteiger partial charge is 0.326 e. The number of carboxylic acids is 1. The van der Waals surface area contributed by atoms with Gasteiger partial charge in [-0.1, -0.05) is 40.5 Å². The zero-order chi connectivity index (χ0) is 15.8. The molecule has 4 N–H and O–H groups in total. The molecule has 0 saturated heterocycles. The number of carbonyl (C=O) groups excluding carboxylic acids is 1. The number of hydrogen-bond acceptors (Lipinski definition) is 3. The number of nitrogens with two attached hydrogens (primary N) is 1. The highest BCUT2D eigenvalue weighted by molar-refractivity contribution is 5.84. The van der Waals surface area contributed by atoms with Gasteiger partial charge in [-0.2, -0.15) is 0 Å². The maximum atomic E-state index is 11.9. The molecule has 0 aliphatic rings. The van der Waals surface area contributed by atoms with Gasteiger partial charge in [-0.05, 0) is 30.7 Å². The minimum atomic E-state index is -0.988. The van der Waals surface area contributed by atoms with Crippen LogP contribution in [0.3, 0.4) is 0 Å². The molecule has 0 aliphatic carbocycles. The van der Waals surface area contributed by atoms with Crippen LogP contribution in [0.2, 0.25) is 0 Å². The van der Waals surface area contributed by atoms with Crippen molar-refractivity contribution in [2.45, 2.75) is 65.8 Å². The van der Waals surface area contributed by atoms with Crippen LogP contribution in [0.5, 0.6) is 0 Å². The highest BCUT2D eigenvalue weighted by atomic mass is 16.4. The summed E-state index contributed by atoms with van der Waals surface area (Å²) in [6, 6.07) is -0.853. The van der Waals surface area contributed by atoms with Crippen molar-refractivity contribution in [2.75, 3.05) is 6.54 Å². The van der Waals surface area contributed by atoms with E-state index in [1.54, 1.807) is 20.8 Å². The number of carbonyl (C=O) groups is 2. The van der Waals surface area contributed by atoms with Crippen molar-refractivity contribution in [2.24, 2.45) is 17.1 Å². The molecule has 0 bridgehead atoms. The molecular weight excluding hydrogens is 256 g/mol. The third-order valence-electron chi connectivity index (χ3n) is 3.47. The summed E-state index contributed by atoms with van der Waals surface area (Å²) in [6.45, 7) is 8.16. The van der Waals surface area contributed by atoms with Crippen LogP contribution >= 0.6 is 0 Å². The Labute approximate surface area is 122 Å². The first-order valence-electron chi connectivity index (χ1n) is 7.44. The lowest BCUT2D eigenvalue weighted by Gasteiger charge is -2.28. The Morgan fingerprint density at radius 3 is 2.20 bits per heavy atom. The zero-order valence-corrected chi connectivity index (χ0v) is 13.2. The van der Waals surface area contributed by atoms with Crippen LogP contribution in [0.25, 0.3) is 0 Å². The Bertz CT molecular complexity index is 305. The third-order valence-corrected chi connectivity index (χ3v) is 3.47. The Morgan fingerprint density at radius 2 is 1.80 bits per heavy atom. The normalized spacial score (nSPS) is 14.7. The average Bonchev–Trinajstić information content (AvgIpc) is 2.31. The quantitative estimate of drug-likeness (QED) is 0.605. The molecule has 1 amide bonds. The van der Waals surface area contributed by atoms with Crippen molar-refractivity contribution in [1.29, 1.82) is 0 Å². The average molecular weight is 286 g/mol. The third kappa shape index (κ3) is 7.48. The molecule has 2 atom stereocenters. The highest BCUT2D eigenvalue weighted by Crippen LogP contribution is 2.21. The molecule has 0 saturated carbocycles. The first-order valence-corrected chi connectivity index (χ1v) is 7.44. The fourth-order valence-corrected chi connectivity index (χ4v) is 2.29. The number of rotatable bonds is 9. The summed E-state index contributed by atoms with van der Waals surface area (Å²) in [7, 11) is 0. The largest absolute Gasteiger partial charge is 0.480 e. The summed E-state index contributed by atoms with van der Waals surface area (Å²) in [4.78, 5) is 23.1. The van der Waals surface area contributed by atoms with Crippen LogP contribution in [0.4, 0.5) is 0 Å². The Balaban J connectivity index is 4.36. The zero-order valence-electron chi connectivity index (χ0n) is 13.2. The Kier molecular flexibility index (Phi) is 8.46. The van der Waals surface area contributed by atoms with E-state index >= 15 is 0 Å². The molecule has 0 rings (SSSR count). The molecule has 0 fully saturated rings. The maximum absolute atomic E-state index is 11.9. The highest BCUT2D eigenvalue weighted by Gasteiger charge is 2.32. The van der Waals surface area contributed by atoms with E-state index < -0.39 is 17.4 Å². The van der Waals surface area contributed by atoms with E-state index in [0.717, 1.165) is 25.7 Å². The molecule has 0 aromatic rings. The number of hydrogen-bond donors (Lipinski definition) is 3. The molecule has 0 radical (unpaired) electrons. The van der Waals surface area contributed by atoms with E-state index in [1.807, 2.05) is 0 Å². The number of carboxylic acid groups (broad SMARTS) is 1. The van der Waals surface area contributed by atoms with E-state index in [9.17, 15) is 14.7 Å². The van der Waals surface area contributed by atoms with Gasteiger partial charge in [-0.15, -0.1) is 0 Å². The summed E-state index contributed by atoms with van der Waals surface area (Å²) in [5.74, 6) is -0.725. The van der Waals surface area contributed by atoms with Crippen LogP contribution in [0, 0.1) is 11.3 Å². The number of aliphatic carboxylic acids is 1. The van der Waals surface area contributed by atoms with Crippen molar-refractivity contribution in [1.82, 2.24) is 5.32 Å². The van der Waals surface area contributed by atoms with E-state index in [-0.39, 0.29) is 5.91 Å². The number of nitrogens with one attached hydrogen (secondary N) is 1. The summed E-state index contributed by atoms with van der Waals surface area (Å²) in [5.41, 5.74) is 5.07. The van der Waals surface area contributed by atoms with Crippen LogP contribution in [0.15, 0.2) is 0 Å². The summed E-state index contributed by atoms with van der Waals surface area (Å²) < 4.78 is 0. The van der Waals surface area contributed by atoms with E-state index in [2.05, 4.69) is 12.2 Å². The molecule has 5 heteroatoms. The number of amides is 1. The van der Waals surface area contributed by atoms with E-state index in [0.29, 0.717) is 18.9 Å². The van der Waals surface area contributed by atoms with Gasteiger partial charge in [-0.3, -0.25) is 4.79 Å². The molecule has 0 aromatic carbocycles. The molecule has 0 aromatic heterocycles. The van der Waals surface area contributed by atoms with Crippen LogP contribution in [0.1, 0.15) is 59.8 Å². The predicted octanol–water partition coefficient (Wildman–Crippen LogP) is 2.15. The van der Waals surface area contributed by atoms with Gasteiger partial charge in [0, 0.05) is 6.42 Å². The Hall–Kier alpha value is -1.10. The minimum absolute atomic E-state index is 0.189. The molecule has 20 heavy (non-hydrogen) atoms. The van der Waals surface area contributed by atoms with Crippen LogP contribution in [-0.2, 0) is 9.59 Å². The first-order chi connectivity index (χ1) is 9.22. The molecule has 0 spiro atoms. The van der Waals surface area contributed by atoms with Crippen LogP contribution < -0.4 is 11.1 Å². The standard InChI is InChI=1S/C15H30N2O3/c1-5-6-11(9-10-16)7-8-12(18)17-13(14(19)20)15(2,3)4/h11,13H,5-10,16H2,1-4H3,(H,17,18)(H,19,20)/t11?,13-/m0/s1. The van der Waals surface area contributed by atoms with Gasteiger partial charge in [0.2, 0.25) is 5.91 Å². The van der Waals surface area contributed by atoms with Crippen molar-refractivity contribution in [3.05, 3.63) is 0 Å². The lowest BCUT2D eigenvalue weighted by atomic mass is 9.86. The topological polar surface area (TPSA) is 92.4 Å². The summed E-state index contributed by atoms with van der Waals surface area (Å²) in [6.07, 6.45) is 4.19. The molecule has 0 heterocycles. The van der Waals surface area contributed by atoms with Gasteiger partial charge >= 0.3 is 5.97 Å². The van der Waals surface area contributed by atoms with Gasteiger partial charge in [0.1, 0.15) is 6.04 Å². The lowest BCUT2D eigenvalue weighted by molar-refractivity contribution is -0.145. The molecule has 118 valence electrons. The second-order valence-electron chi connectivity index (χ2n) is 6.48. The van der Waals surface area contributed by atoms with Crippen molar-refractivity contribution >= 4 is 11.9 Å². The van der Waals surface area contributed by atoms with Crippen molar-refractivity contribution in [3.63, 3.8) is 0 Å². The summed E-state index contributed by atoms with van der Waals surface area (Å²) >= 11 is 0. The monoisotopic (exact) mass is 286 g/mol. The predicted molar refractivity (Wildman–Crippen MR) is 80.3 cm³/mol. The second kappa shape index (κ2) is 8.95. The van der Waals surface area contributed by atoms with Gasteiger partial charge in [-0.25, -0.2) is 4.79 Å². The van der Waals surface area contributed by atoms with E-state index in [4.69, 9.17) is 5.73 Å². The molecular formula is C15H30N2O3. The molecule has 5 nitrogen and oxygen atoms in total. The fourth-order valence-electron chi connectivity index (χ4n) is 2.29. The Morgan fingerprint density at radius 1 is 1.20 bits per heavy atom. The minimum Gasteiger partial charge on any atom is -0.480 e. The molecule has 0 aliphatic heterocycles. The van der Waals surface area contributed by atoms with Gasteiger partial charge in [0.15, 0.2) is 0 Å². The summed E-state index contributed by atoms with van der Waals surface area (Å²) in [5, 5.41) is 11.8. The van der Waals surface area contributed by atoms with Gasteiger partial charge in [0.05, 0.1) is 0 Å². The van der Waals surface area contributed by atoms with Crippen LogP contribution in [-0.4, -0.2) is 29.6 Å². The lowest BCUT2D eigenvalue weighted by Crippen LogP contribution is -2.49. The molecule has 1 unspecified atom stereocenters. The van der Waals surface area contributed by atoms with Crippen molar-refractivity contribution < 1.29 is 14.7 Å². The first kappa shape index (κ1) is 18.9. The SMILES string of the molecule is CCCC(CCN)CCC(=O)N[C@@H](C(=O)O)C(C)(C)C. The van der Waals surface area contributed by atoms with E-state index in [1.165, 1.54) is 0 Å². The maximum Gasteiger partial charge on any atom is 0.326 e. The second-order valence-corrected chi connectivity index (χ2v) is 6.48.